The molecule has 3 rings (SSSR count). The Balaban J connectivity index is 1.90. The van der Waals surface area contributed by atoms with Crippen molar-refractivity contribution in [2.24, 2.45) is 0 Å². The van der Waals surface area contributed by atoms with Crippen LogP contribution in [0.2, 0.25) is 0 Å². The Kier molecular flexibility index (Phi) is 2.80. The normalized spacial score (nSPS) is 37.4. The molecule has 17 heavy (non-hydrogen) atoms. The van der Waals surface area contributed by atoms with Crippen molar-refractivity contribution in [3.63, 3.8) is 0 Å². The summed E-state index contributed by atoms with van der Waals surface area (Å²) >= 11 is 3.44. The molecule has 0 spiro atoms. The van der Waals surface area contributed by atoms with E-state index < -0.39 is 5.60 Å². The van der Waals surface area contributed by atoms with Crippen molar-refractivity contribution >= 4 is 15.9 Å². The van der Waals surface area contributed by atoms with Gasteiger partial charge in [0.25, 0.3) is 0 Å². The third kappa shape index (κ3) is 1.94. The molecule has 1 aromatic rings. The molecule has 2 unspecified atom stereocenters. The van der Waals surface area contributed by atoms with Gasteiger partial charge in [-0.2, -0.15) is 0 Å². The molecule has 1 N–H and O–H groups in total. The van der Waals surface area contributed by atoms with Crippen LogP contribution in [0.4, 0.5) is 0 Å². The number of nitrogens with zero attached hydrogens (tertiary/aromatic N) is 1. The molecule has 92 valence electrons. The Hall–Kier alpha value is -0.380. The largest absolute Gasteiger partial charge is 0.385 e. The van der Waals surface area contributed by atoms with E-state index in [9.17, 15) is 5.11 Å². The standard InChI is InChI=1S/C14H18BrNO/c1-16-12-6-7-13(16)9-14(17,8-12)10-2-4-11(15)5-3-10/h2-5,12-13,17H,6-9H2,1H3. The summed E-state index contributed by atoms with van der Waals surface area (Å²) in [4.78, 5) is 2.45. The van der Waals surface area contributed by atoms with Crippen molar-refractivity contribution in [1.82, 2.24) is 4.90 Å². The van der Waals surface area contributed by atoms with E-state index in [4.69, 9.17) is 0 Å². The van der Waals surface area contributed by atoms with Crippen molar-refractivity contribution in [3.05, 3.63) is 34.3 Å². The molecule has 2 bridgehead atoms. The number of benzene rings is 1. The lowest BCUT2D eigenvalue weighted by atomic mass is 9.81. The number of aliphatic hydroxyl groups is 1. The highest BCUT2D eigenvalue weighted by atomic mass is 79.9. The zero-order valence-electron chi connectivity index (χ0n) is 10.1. The van der Waals surface area contributed by atoms with Crippen LogP contribution in [0.1, 0.15) is 31.2 Å². The zero-order chi connectivity index (χ0) is 12.0. The second-order valence-corrected chi connectivity index (χ2v) is 6.41. The van der Waals surface area contributed by atoms with Gasteiger partial charge in [-0.15, -0.1) is 0 Å². The number of halogens is 1. The number of hydrogen-bond donors (Lipinski definition) is 1. The first-order valence-corrected chi connectivity index (χ1v) is 7.08. The molecule has 2 aliphatic rings. The molecule has 2 aliphatic heterocycles. The van der Waals surface area contributed by atoms with E-state index in [1.54, 1.807) is 0 Å². The first kappa shape index (κ1) is 11.7. The number of fused-ring (bicyclic) bond motifs is 2. The Morgan fingerprint density at radius 3 is 2.24 bits per heavy atom. The lowest BCUT2D eigenvalue weighted by Crippen LogP contribution is -2.47. The molecule has 3 heteroatoms. The molecule has 1 aromatic carbocycles. The summed E-state index contributed by atoms with van der Waals surface area (Å²) in [6.07, 6.45) is 4.23. The summed E-state index contributed by atoms with van der Waals surface area (Å²) < 4.78 is 1.07. The molecule has 2 saturated heterocycles. The van der Waals surface area contributed by atoms with Crippen LogP contribution in [0.3, 0.4) is 0 Å². The van der Waals surface area contributed by atoms with Crippen molar-refractivity contribution in [3.8, 4) is 0 Å². The second kappa shape index (κ2) is 4.08. The van der Waals surface area contributed by atoms with E-state index in [2.05, 4.69) is 40.0 Å². The van der Waals surface area contributed by atoms with Gasteiger partial charge in [0, 0.05) is 16.6 Å². The minimum absolute atomic E-state index is 0.558. The predicted octanol–water partition coefficient (Wildman–Crippen LogP) is 2.89. The quantitative estimate of drug-likeness (QED) is 0.861. The fourth-order valence-corrected chi connectivity index (χ4v) is 3.71. The van der Waals surface area contributed by atoms with Crippen LogP contribution in [-0.4, -0.2) is 29.1 Å². The Morgan fingerprint density at radius 1 is 1.18 bits per heavy atom. The van der Waals surface area contributed by atoms with Gasteiger partial charge in [-0.05, 0) is 50.4 Å². The molecule has 0 aromatic heterocycles. The van der Waals surface area contributed by atoms with Gasteiger partial charge < -0.3 is 10.0 Å². The maximum absolute atomic E-state index is 10.9. The molecule has 2 nitrogen and oxygen atoms in total. The SMILES string of the molecule is CN1C2CCC1CC(O)(c1ccc(Br)cc1)C2. The summed E-state index contributed by atoms with van der Waals surface area (Å²) in [6.45, 7) is 0. The molecule has 0 saturated carbocycles. The van der Waals surface area contributed by atoms with Gasteiger partial charge in [0.05, 0.1) is 5.60 Å². The second-order valence-electron chi connectivity index (χ2n) is 5.50. The first-order valence-electron chi connectivity index (χ1n) is 6.29. The van der Waals surface area contributed by atoms with Gasteiger partial charge in [-0.25, -0.2) is 0 Å². The third-order valence-corrected chi connectivity index (χ3v) is 5.04. The fraction of sp³-hybridized carbons (Fsp3) is 0.571. The van der Waals surface area contributed by atoms with Crippen molar-refractivity contribution in [2.45, 2.75) is 43.4 Å². The predicted molar refractivity (Wildman–Crippen MR) is 71.8 cm³/mol. The highest BCUT2D eigenvalue weighted by molar-refractivity contribution is 9.10. The summed E-state index contributed by atoms with van der Waals surface area (Å²) in [5.41, 5.74) is 0.463. The van der Waals surface area contributed by atoms with Crippen LogP contribution in [-0.2, 0) is 5.60 Å². The summed E-state index contributed by atoms with van der Waals surface area (Å²) in [7, 11) is 2.20. The first-order chi connectivity index (χ1) is 8.08. The van der Waals surface area contributed by atoms with Crippen LogP contribution in [0, 0.1) is 0 Å². The van der Waals surface area contributed by atoms with E-state index in [1.165, 1.54) is 12.8 Å². The highest BCUT2D eigenvalue weighted by Gasteiger charge is 2.46. The van der Waals surface area contributed by atoms with Gasteiger partial charge >= 0.3 is 0 Å². The van der Waals surface area contributed by atoms with E-state index in [1.807, 2.05) is 12.1 Å². The van der Waals surface area contributed by atoms with Crippen molar-refractivity contribution in [1.29, 1.82) is 0 Å². The Morgan fingerprint density at radius 2 is 1.71 bits per heavy atom. The summed E-state index contributed by atoms with van der Waals surface area (Å²) in [5, 5.41) is 10.9. The lowest BCUT2D eigenvalue weighted by Gasteiger charge is -2.42. The maximum atomic E-state index is 10.9. The fourth-order valence-electron chi connectivity index (χ4n) is 3.44. The van der Waals surface area contributed by atoms with Gasteiger partial charge in [0.15, 0.2) is 0 Å². The maximum Gasteiger partial charge on any atom is 0.0926 e. The van der Waals surface area contributed by atoms with Crippen molar-refractivity contribution in [2.75, 3.05) is 7.05 Å². The molecule has 2 heterocycles. The van der Waals surface area contributed by atoms with Crippen LogP contribution in [0.5, 0.6) is 0 Å². The van der Waals surface area contributed by atoms with E-state index in [-0.39, 0.29) is 0 Å². The number of rotatable bonds is 1. The lowest BCUT2D eigenvalue weighted by molar-refractivity contribution is -0.0493. The van der Waals surface area contributed by atoms with E-state index in [0.29, 0.717) is 12.1 Å². The molecular formula is C14H18BrNO. The smallest absolute Gasteiger partial charge is 0.0926 e. The molecule has 2 atom stereocenters. The van der Waals surface area contributed by atoms with Crippen LogP contribution < -0.4 is 0 Å². The van der Waals surface area contributed by atoms with Gasteiger partial charge in [0.2, 0.25) is 0 Å². The Labute approximate surface area is 111 Å². The molecule has 2 fully saturated rings. The van der Waals surface area contributed by atoms with Gasteiger partial charge in [-0.3, -0.25) is 0 Å². The molecule has 0 radical (unpaired) electrons. The monoisotopic (exact) mass is 295 g/mol. The van der Waals surface area contributed by atoms with Gasteiger partial charge in [0.1, 0.15) is 0 Å². The summed E-state index contributed by atoms with van der Waals surface area (Å²) in [6, 6.07) is 9.26. The minimum atomic E-state index is -0.612. The third-order valence-electron chi connectivity index (χ3n) is 4.51. The van der Waals surface area contributed by atoms with E-state index in [0.717, 1.165) is 22.9 Å². The average Bonchev–Trinajstić information content (AvgIpc) is 2.53. The van der Waals surface area contributed by atoms with Gasteiger partial charge in [-0.1, -0.05) is 28.1 Å². The molecule has 0 amide bonds. The van der Waals surface area contributed by atoms with Crippen LogP contribution in [0.15, 0.2) is 28.7 Å². The minimum Gasteiger partial charge on any atom is -0.385 e. The zero-order valence-corrected chi connectivity index (χ0v) is 11.7. The van der Waals surface area contributed by atoms with Crippen molar-refractivity contribution < 1.29 is 5.11 Å². The van der Waals surface area contributed by atoms with Crippen LogP contribution in [0.25, 0.3) is 0 Å². The average molecular weight is 296 g/mol. The Bertz CT molecular complexity index is 403. The summed E-state index contributed by atoms with van der Waals surface area (Å²) in [5.74, 6) is 0. The molecule has 0 aliphatic carbocycles. The number of hydrogen-bond acceptors (Lipinski definition) is 2. The van der Waals surface area contributed by atoms with Crippen LogP contribution >= 0.6 is 15.9 Å². The number of piperidine rings is 1. The topological polar surface area (TPSA) is 23.5 Å². The highest BCUT2D eigenvalue weighted by Crippen LogP contribution is 2.44. The molecular weight excluding hydrogens is 278 g/mol. The van der Waals surface area contributed by atoms with E-state index >= 15 is 0 Å².